The second kappa shape index (κ2) is 12.6. The number of carbonyl (C=O) groups is 2. The van der Waals surface area contributed by atoms with Crippen LogP contribution in [0.25, 0.3) is 0 Å². The monoisotopic (exact) mass is 553 g/mol. The van der Waals surface area contributed by atoms with Crippen LogP contribution in [0.3, 0.4) is 0 Å². The number of rotatable bonds is 8. The lowest BCUT2D eigenvalue weighted by atomic mass is 9.85. The van der Waals surface area contributed by atoms with E-state index in [2.05, 4.69) is 9.64 Å². The van der Waals surface area contributed by atoms with Crippen molar-refractivity contribution in [3.8, 4) is 0 Å². The summed E-state index contributed by atoms with van der Waals surface area (Å²) in [5.74, 6) is -1.81. The normalized spacial score (nSPS) is 30.1. The molecule has 2 aliphatic carbocycles. The van der Waals surface area contributed by atoms with Gasteiger partial charge < -0.3 is 20.1 Å². The number of carbonyl (C=O) groups excluding carboxylic acids is 2. The van der Waals surface area contributed by atoms with Crippen LogP contribution in [0.2, 0.25) is 0 Å². The summed E-state index contributed by atoms with van der Waals surface area (Å²) in [6, 6.07) is -0.831. The first-order chi connectivity index (χ1) is 18.6. The highest BCUT2D eigenvalue weighted by Gasteiger charge is 2.45. The molecule has 2 aliphatic heterocycles. The summed E-state index contributed by atoms with van der Waals surface area (Å²) in [5.41, 5.74) is 0.956. The standard InChI is InChI=1S/C27H35F3N4O5/c1-2-38-26(37)23(31)21-14-16-34(19-10-8-18(9-11-19)33-15-4-3-5-22(33)35)25(36)24(21)32-17-6-12-20(13-7-17)39-27(28,29)30/h6-8,10-12,18,20-22,24,31-32,35H,2-5,9,13-16H2,1H3/p+1. The van der Waals surface area contributed by atoms with Gasteiger partial charge in [-0.2, -0.15) is 0 Å². The zero-order valence-corrected chi connectivity index (χ0v) is 21.9. The van der Waals surface area contributed by atoms with E-state index in [0.717, 1.165) is 25.8 Å². The molecule has 5 unspecified atom stereocenters. The van der Waals surface area contributed by atoms with Crippen molar-refractivity contribution in [1.82, 2.24) is 9.80 Å². The van der Waals surface area contributed by atoms with E-state index in [1.54, 1.807) is 23.2 Å². The number of likely N-dealkylation sites (tertiary alicyclic amines) is 2. The molecule has 1 amide bonds. The highest BCUT2D eigenvalue weighted by atomic mass is 19.4. The smallest absolute Gasteiger partial charge is 0.462 e. The summed E-state index contributed by atoms with van der Waals surface area (Å²) in [4.78, 5) is 29.9. The van der Waals surface area contributed by atoms with Gasteiger partial charge in [0.2, 0.25) is 0 Å². The van der Waals surface area contributed by atoms with E-state index < -0.39 is 36.6 Å². The van der Waals surface area contributed by atoms with Gasteiger partial charge >= 0.3 is 12.3 Å². The number of ether oxygens (including phenoxy) is 2. The summed E-state index contributed by atoms with van der Waals surface area (Å²) >= 11 is 0. The number of nitrogens with one attached hydrogen (secondary N) is 1. The van der Waals surface area contributed by atoms with Crippen molar-refractivity contribution in [3.05, 3.63) is 47.9 Å². The second-order valence-corrected chi connectivity index (χ2v) is 10.1. The van der Waals surface area contributed by atoms with Crippen molar-refractivity contribution >= 4 is 17.6 Å². The quantitative estimate of drug-likeness (QED) is 0.313. The molecule has 0 spiro atoms. The Morgan fingerprint density at radius 2 is 1.95 bits per heavy atom. The van der Waals surface area contributed by atoms with Crippen LogP contribution in [0.4, 0.5) is 13.2 Å². The maximum absolute atomic E-state index is 13.8. The average molecular weight is 554 g/mol. The third kappa shape index (κ3) is 7.24. The van der Waals surface area contributed by atoms with Crippen molar-refractivity contribution in [2.75, 3.05) is 19.7 Å². The van der Waals surface area contributed by atoms with E-state index in [-0.39, 0.29) is 30.7 Å². The number of amides is 1. The molecular formula is C27H36F3N4O5+. The van der Waals surface area contributed by atoms with E-state index in [9.17, 15) is 27.9 Å². The Hall–Kier alpha value is -2.80. The molecule has 4 rings (SSSR count). The van der Waals surface area contributed by atoms with Crippen LogP contribution in [0.15, 0.2) is 47.9 Å². The zero-order chi connectivity index (χ0) is 28.2. The first-order valence-electron chi connectivity index (χ1n) is 13.4. The Morgan fingerprint density at radius 3 is 2.56 bits per heavy atom. The molecule has 0 bridgehead atoms. The van der Waals surface area contributed by atoms with Gasteiger partial charge in [-0.1, -0.05) is 12.2 Å². The van der Waals surface area contributed by atoms with Crippen molar-refractivity contribution in [2.24, 2.45) is 5.92 Å². The molecule has 0 aromatic rings. The van der Waals surface area contributed by atoms with Crippen LogP contribution in [-0.2, 0) is 19.1 Å². The minimum absolute atomic E-state index is 0.0237. The number of piperidine rings is 2. The number of allylic oxidation sites excluding steroid dienone is 2. The molecule has 0 radical (unpaired) electrons. The average Bonchev–Trinajstić information content (AvgIpc) is 2.90. The molecule has 2 heterocycles. The molecule has 4 N–H and O–H groups in total. The van der Waals surface area contributed by atoms with Crippen LogP contribution in [0.5, 0.6) is 0 Å². The van der Waals surface area contributed by atoms with E-state index in [4.69, 9.17) is 10.1 Å². The SMILES string of the molecule is CCOC(=O)C(=N)C1CCN(C2=CCC(N3CCCCC3O)C=C2)C(=O)C1[NH2+]C1=CCC(OC(F)(F)F)C=C1. The van der Waals surface area contributed by atoms with Gasteiger partial charge in [-0.15, -0.1) is 13.2 Å². The number of hydrogen-bond donors (Lipinski definition) is 3. The molecular weight excluding hydrogens is 517 g/mol. The summed E-state index contributed by atoms with van der Waals surface area (Å²) < 4.78 is 46.8. The van der Waals surface area contributed by atoms with Gasteiger partial charge in [0, 0.05) is 31.2 Å². The number of quaternary nitrogens is 1. The van der Waals surface area contributed by atoms with Gasteiger partial charge in [0.05, 0.1) is 18.6 Å². The fraction of sp³-hybridized carbons (Fsp3) is 0.593. The third-order valence-electron chi connectivity index (χ3n) is 7.57. The van der Waals surface area contributed by atoms with Crippen molar-refractivity contribution in [1.29, 1.82) is 5.41 Å². The van der Waals surface area contributed by atoms with E-state index >= 15 is 0 Å². The number of hydrogen-bond acceptors (Lipinski definition) is 7. The van der Waals surface area contributed by atoms with Gasteiger partial charge in [0.15, 0.2) is 6.04 Å². The molecule has 0 saturated carbocycles. The maximum atomic E-state index is 13.8. The number of esters is 1. The minimum atomic E-state index is -4.75. The summed E-state index contributed by atoms with van der Waals surface area (Å²) in [7, 11) is 0. The molecule has 0 aromatic carbocycles. The lowest BCUT2D eigenvalue weighted by molar-refractivity contribution is -0.632. The summed E-state index contributed by atoms with van der Waals surface area (Å²) in [6.45, 7) is 2.85. The fourth-order valence-electron chi connectivity index (χ4n) is 5.61. The second-order valence-electron chi connectivity index (χ2n) is 10.1. The predicted octanol–water partition coefficient (Wildman–Crippen LogP) is 2.12. The Morgan fingerprint density at radius 1 is 1.15 bits per heavy atom. The summed E-state index contributed by atoms with van der Waals surface area (Å²) in [5, 5.41) is 20.4. The number of aliphatic hydroxyl groups is 1. The van der Waals surface area contributed by atoms with Crippen LogP contribution in [-0.4, -0.2) is 83.0 Å². The topological polar surface area (TPSA) is 120 Å². The fourth-order valence-corrected chi connectivity index (χ4v) is 5.61. The number of nitrogens with two attached hydrogens (primary N) is 1. The molecule has 12 heteroatoms. The molecule has 214 valence electrons. The maximum Gasteiger partial charge on any atom is 0.523 e. The van der Waals surface area contributed by atoms with Crippen LogP contribution in [0, 0.1) is 11.3 Å². The molecule has 39 heavy (non-hydrogen) atoms. The van der Waals surface area contributed by atoms with Crippen LogP contribution < -0.4 is 5.32 Å². The highest BCUT2D eigenvalue weighted by molar-refractivity contribution is 6.36. The Labute approximate surface area is 225 Å². The predicted molar refractivity (Wildman–Crippen MR) is 135 cm³/mol. The minimum Gasteiger partial charge on any atom is -0.462 e. The van der Waals surface area contributed by atoms with E-state index in [1.807, 2.05) is 18.2 Å². The largest absolute Gasteiger partial charge is 0.523 e. The van der Waals surface area contributed by atoms with Gasteiger partial charge in [0.1, 0.15) is 17.6 Å². The highest BCUT2D eigenvalue weighted by Crippen LogP contribution is 2.29. The molecule has 9 nitrogen and oxygen atoms in total. The number of halogens is 3. The van der Waals surface area contributed by atoms with Gasteiger partial charge in [-0.25, -0.2) is 4.79 Å². The van der Waals surface area contributed by atoms with E-state index in [0.29, 0.717) is 30.8 Å². The van der Waals surface area contributed by atoms with Gasteiger partial charge in [0.25, 0.3) is 5.91 Å². The molecule has 0 aromatic heterocycles. The van der Waals surface area contributed by atoms with Crippen LogP contribution >= 0.6 is 0 Å². The molecule has 4 aliphatic rings. The number of aliphatic hydroxyl groups excluding tert-OH is 1. The lowest BCUT2D eigenvalue weighted by Crippen LogP contribution is -2.93. The Kier molecular flexibility index (Phi) is 9.42. The number of nitrogens with zero attached hydrogens (tertiary/aromatic N) is 2. The van der Waals surface area contributed by atoms with Crippen molar-refractivity contribution < 1.29 is 42.7 Å². The Bertz CT molecular complexity index is 1070. The first-order valence-corrected chi connectivity index (χ1v) is 13.4. The third-order valence-corrected chi connectivity index (χ3v) is 7.57. The molecule has 2 saturated heterocycles. The lowest BCUT2D eigenvalue weighted by Gasteiger charge is -2.40. The molecule has 2 fully saturated rings. The van der Waals surface area contributed by atoms with Crippen molar-refractivity contribution in [3.63, 3.8) is 0 Å². The van der Waals surface area contributed by atoms with Gasteiger partial charge in [-0.05, 0) is 63.3 Å². The first kappa shape index (κ1) is 29.2. The van der Waals surface area contributed by atoms with Crippen LogP contribution in [0.1, 0.15) is 45.4 Å². The molecule has 5 atom stereocenters. The van der Waals surface area contributed by atoms with Gasteiger partial charge in [-0.3, -0.25) is 19.8 Å². The zero-order valence-electron chi connectivity index (χ0n) is 21.9. The van der Waals surface area contributed by atoms with Crippen molar-refractivity contribution in [2.45, 2.75) is 76.2 Å². The van der Waals surface area contributed by atoms with E-state index in [1.165, 1.54) is 12.2 Å². The number of alkyl halides is 3. The Balaban J connectivity index is 1.48. The summed E-state index contributed by atoms with van der Waals surface area (Å²) in [6.07, 6.45) is 7.49.